The fraction of sp³-hybridized carbons (Fsp3) is 0.500. The Kier molecular flexibility index (Phi) is 6.67. The summed E-state index contributed by atoms with van der Waals surface area (Å²) in [5.41, 5.74) is 6.70. The maximum atomic E-state index is 14.7. The summed E-state index contributed by atoms with van der Waals surface area (Å²) in [6.07, 6.45) is 4.44. The van der Waals surface area contributed by atoms with Gasteiger partial charge in [0.05, 0.1) is 16.9 Å². The van der Waals surface area contributed by atoms with Gasteiger partial charge in [-0.25, -0.2) is 23.1 Å². The standard InChI is InChI=1S/C24H27ClF3N7O/c25-16-2-1-3-17(19(16)26)32-23-33-18-12-30-22(31-14-8-10-24(27,28)11-9-14)34-21(18)35(23)15-6-4-13(5-7-15)20(29)36/h1-3,12-15H,4-11H2,(H2,29,36)(H,32,33)(H,30,31,34)/t13-,15-. The third-order valence-corrected chi connectivity index (χ3v) is 7.44. The van der Waals surface area contributed by atoms with Crippen molar-refractivity contribution in [2.24, 2.45) is 11.7 Å². The van der Waals surface area contributed by atoms with Crippen LogP contribution in [-0.2, 0) is 4.79 Å². The summed E-state index contributed by atoms with van der Waals surface area (Å²) in [6, 6.07) is 4.44. The molecule has 0 unspecified atom stereocenters. The highest BCUT2D eigenvalue weighted by Gasteiger charge is 2.35. The van der Waals surface area contributed by atoms with Crippen LogP contribution in [0, 0.1) is 11.7 Å². The Bertz CT molecular complexity index is 1270. The highest BCUT2D eigenvalue weighted by molar-refractivity contribution is 6.31. The normalized spacial score (nSPS) is 22.4. The highest BCUT2D eigenvalue weighted by Crippen LogP contribution is 2.38. The number of nitrogens with two attached hydrogens (primary N) is 1. The van der Waals surface area contributed by atoms with Crippen LogP contribution in [0.3, 0.4) is 0 Å². The van der Waals surface area contributed by atoms with Crippen LogP contribution < -0.4 is 16.4 Å². The van der Waals surface area contributed by atoms with Crippen molar-refractivity contribution in [3.05, 3.63) is 35.2 Å². The van der Waals surface area contributed by atoms with Gasteiger partial charge in [0, 0.05) is 30.8 Å². The molecule has 1 amide bonds. The van der Waals surface area contributed by atoms with Gasteiger partial charge >= 0.3 is 0 Å². The van der Waals surface area contributed by atoms with Crippen LogP contribution in [0.2, 0.25) is 5.02 Å². The summed E-state index contributed by atoms with van der Waals surface area (Å²) >= 11 is 5.96. The molecule has 2 aliphatic rings. The second kappa shape index (κ2) is 9.76. The zero-order valence-corrected chi connectivity index (χ0v) is 20.2. The van der Waals surface area contributed by atoms with Gasteiger partial charge < -0.3 is 16.4 Å². The number of hydrogen-bond acceptors (Lipinski definition) is 6. The molecule has 0 spiro atoms. The summed E-state index contributed by atoms with van der Waals surface area (Å²) < 4.78 is 43.7. The zero-order valence-electron chi connectivity index (χ0n) is 19.5. The van der Waals surface area contributed by atoms with E-state index in [4.69, 9.17) is 17.3 Å². The number of amides is 1. The molecular formula is C24H27ClF3N7O. The maximum absolute atomic E-state index is 14.7. The molecular weight excluding hydrogens is 495 g/mol. The number of halogens is 4. The van der Waals surface area contributed by atoms with E-state index in [0.717, 1.165) is 0 Å². The molecule has 36 heavy (non-hydrogen) atoms. The number of anilines is 3. The molecule has 0 atom stereocenters. The number of nitrogens with one attached hydrogen (secondary N) is 2. The Balaban J connectivity index is 1.48. The molecule has 5 rings (SSSR count). The number of nitrogens with zero attached hydrogens (tertiary/aromatic N) is 4. The molecule has 2 heterocycles. The summed E-state index contributed by atoms with van der Waals surface area (Å²) in [5.74, 6) is -3.02. The van der Waals surface area contributed by atoms with E-state index >= 15 is 0 Å². The maximum Gasteiger partial charge on any atom is 0.248 e. The molecule has 4 N–H and O–H groups in total. The zero-order chi connectivity index (χ0) is 25.4. The predicted molar refractivity (Wildman–Crippen MR) is 131 cm³/mol. The van der Waals surface area contributed by atoms with E-state index in [1.165, 1.54) is 6.07 Å². The first kappa shape index (κ1) is 24.6. The topological polar surface area (TPSA) is 111 Å². The highest BCUT2D eigenvalue weighted by atomic mass is 35.5. The number of alkyl halides is 2. The molecule has 0 saturated heterocycles. The monoisotopic (exact) mass is 521 g/mol. The van der Waals surface area contributed by atoms with Crippen molar-refractivity contribution >= 4 is 46.3 Å². The fourth-order valence-electron chi connectivity index (χ4n) is 5.10. The first-order valence-electron chi connectivity index (χ1n) is 12.1. The van der Waals surface area contributed by atoms with Crippen molar-refractivity contribution in [2.45, 2.75) is 69.4 Å². The van der Waals surface area contributed by atoms with Crippen LogP contribution in [0.15, 0.2) is 24.4 Å². The van der Waals surface area contributed by atoms with Crippen molar-refractivity contribution in [3.8, 4) is 0 Å². The quantitative estimate of drug-likeness (QED) is 0.391. The average molecular weight is 522 g/mol. The average Bonchev–Trinajstić information content (AvgIpc) is 3.20. The van der Waals surface area contributed by atoms with Crippen molar-refractivity contribution in [2.75, 3.05) is 10.6 Å². The molecule has 192 valence electrons. The molecule has 2 aliphatic carbocycles. The van der Waals surface area contributed by atoms with Gasteiger partial charge in [0.15, 0.2) is 11.5 Å². The fourth-order valence-corrected chi connectivity index (χ4v) is 5.28. The Labute approximate surface area is 210 Å². The summed E-state index contributed by atoms with van der Waals surface area (Å²) in [6.45, 7) is 0. The number of aromatic nitrogens is 4. The van der Waals surface area contributed by atoms with Gasteiger partial charge in [-0.3, -0.25) is 9.36 Å². The molecule has 1 aromatic carbocycles. The number of imidazole rings is 1. The van der Waals surface area contributed by atoms with E-state index in [1.807, 2.05) is 4.57 Å². The Morgan fingerprint density at radius 2 is 1.83 bits per heavy atom. The Morgan fingerprint density at radius 3 is 2.53 bits per heavy atom. The lowest BCUT2D eigenvalue weighted by Gasteiger charge is -2.29. The molecule has 2 aromatic heterocycles. The largest absolute Gasteiger partial charge is 0.369 e. The summed E-state index contributed by atoms with van der Waals surface area (Å²) in [4.78, 5) is 25.3. The van der Waals surface area contributed by atoms with Crippen molar-refractivity contribution in [3.63, 3.8) is 0 Å². The summed E-state index contributed by atoms with van der Waals surface area (Å²) in [5, 5.41) is 6.20. The number of carbonyl (C=O) groups is 1. The second-order valence-corrected chi connectivity index (χ2v) is 10.0. The molecule has 0 bridgehead atoms. The van der Waals surface area contributed by atoms with Crippen LogP contribution in [0.4, 0.5) is 30.8 Å². The lowest BCUT2D eigenvalue weighted by Crippen LogP contribution is -2.32. The third-order valence-electron chi connectivity index (χ3n) is 7.15. The minimum Gasteiger partial charge on any atom is -0.369 e. The van der Waals surface area contributed by atoms with E-state index in [2.05, 4.69) is 25.6 Å². The van der Waals surface area contributed by atoms with E-state index < -0.39 is 11.7 Å². The number of carbonyl (C=O) groups excluding carboxylic acids is 1. The van der Waals surface area contributed by atoms with Crippen molar-refractivity contribution in [1.29, 1.82) is 0 Å². The minimum atomic E-state index is -2.62. The number of primary amides is 1. The Hall–Kier alpha value is -3.08. The van der Waals surface area contributed by atoms with E-state index in [0.29, 0.717) is 61.6 Å². The van der Waals surface area contributed by atoms with Crippen LogP contribution in [0.25, 0.3) is 11.2 Å². The predicted octanol–water partition coefficient (Wildman–Crippen LogP) is 5.57. The van der Waals surface area contributed by atoms with E-state index in [9.17, 15) is 18.0 Å². The first-order chi connectivity index (χ1) is 17.2. The molecule has 2 fully saturated rings. The number of benzene rings is 1. The number of fused-ring (bicyclic) bond motifs is 1. The molecule has 0 aliphatic heterocycles. The smallest absolute Gasteiger partial charge is 0.248 e. The van der Waals surface area contributed by atoms with Gasteiger partial charge in [0.25, 0.3) is 0 Å². The third kappa shape index (κ3) is 5.07. The lowest BCUT2D eigenvalue weighted by molar-refractivity contribution is -0.122. The molecule has 0 radical (unpaired) electrons. The van der Waals surface area contributed by atoms with E-state index in [-0.39, 0.29) is 47.5 Å². The van der Waals surface area contributed by atoms with Gasteiger partial charge in [0.1, 0.15) is 5.52 Å². The minimum absolute atomic E-state index is 0.0195. The number of rotatable bonds is 6. The number of hydrogen-bond donors (Lipinski definition) is 3. The van der Waals surface area contributed by atoms with Crippen LogP contribution >= 0.6 is 11.6 Å². The second-order valence-electron chi connectivity index (χ2n) is 9.62. The SMILES string of the molecule is NC(=O)[C@H]1CC[C@H](n2c(Nc3cccc(Cl)c3F)nc3cnc(NC4CCC(F)(F)CC4)nc32)CC1. The van der Waals surface area contributed by atoms with Gasteiger partial charge in [-0.1, -0.05) is 17.7 Å². The van der Waals surface area contributed by atoms with Gasteiger partial charge in [-0.15, -0.1) is 0 Å². The lowest BCUT2D eigenvalue weighted by atomic mass is 9.85. The molecule has 2 saturated carbocycles. The molecule has 12 heteroatoms. The Morgan fingerprint density at radius 1 is 1.11 bits per heavy atom. The molecule has 3 aromatic rings. The first-order valence-corrected chi connectivity index (χ1v) is 12.5. The van der Waals surface area contributed by atoms with Crippen LogP contribution in [0.5, 0.6) is 0 Å². The van der Waals surface area contributed by atoms with Gasteiger partial charge in [0.2, 0.25) is 23.7 Å². The van der Waals surface area contributed by atoms with E-state index in [1.54, 1.807) is 18.3 Å². The van der Waals surface area contributed by atoms with Crippen molar-refractivity contribution in [1.82, 2.24) is 19.5 Å². The van der Waals surface area contributed by atoms with Crippen LogP contribution in [0.1, 0.15) is 57.4 Å². The summed E-state index contributed by atoms with van der Waals surface area (Å²) in [7, 11) is 0. The van der Waals surface area contributed by atoms with Crippen molar-refractivity contribution < 1.29 is 18.0 Å². The van der Waals surface area contributed by atoms with Gasteiger partial charge in [-0.2, -0.15) is 4.98 Å². The molecule has 8 nitrogen and oxygen atoms in total. The van der Waals surface area contributed by atoms with Crippen LogP contribution in [-0.4, -0.2) is 37.4 Å². The van der Waals surface area contributed by atoms with Gasteiger partial charge in [-0.05, 0) is 50.7 Å².